The topological polar surface area (TPSA) is 172 Å². The Bertz CT molecular complexity index is 1340. The summed E-state index contributed by atoms with van der Waals surface area (Å²) in [5.74, 6) is -3.59. The maximum absolute atomic E-state index is 12.7. The van der Waals surface area contributed by atoms with Crippen molar-refractivity contribution in [2.45, 2.75) is 44.6 Å². The maximum Gasteiger partial charge on any atom is 0.320 e. The van der Waals surface area contributed by atoms with Crippen LogP contribution in [0.5, 0.6) is 0 Å². The second kappa shape index (κ2) is 14.9. The lowest BCUT2D eigenvalue weighted by Crippen LogP contribution is -2.36. The minimum atomic E-state index is -0.964. The number of amides is 2. The lowest BCUT2D eigenvalue weighted by molar-refractivity contribution is -0.147. The molecule has 10 nitrogen and oxygen atoms in total. The van der Waals surface area contributed by atoms with E-state index in [0.717, 1.165) is 33.6 Å². The molecule has 2 aromatic carbocycles. The number of aromatic nitrogens is 1. The molecule has 1 heterocycles. The number of nitrogens with one attached hydrogen (secondary N) is 2. The average molecular weight is 567 g/mol. The van der Waals surface area contributed by atoms with Gasteiger partial charge in [-0.2, -0.15) is 0 Å². The van der Waals surface area contributed by atoms with Crippen LogP contribution in [0.2, 0.25) is 0 Å². The van der Waals surface area contributed by atoms with Crippen molar-refractivity contribution in [2.24, 2.45) is 17.6 Å². The molecular weight excluding hydrogens is 532 g/mol. The van der Waals surface area contributed by atoms with Crippen LogP contribution in [0.15, 0.2) is 48.5 Å². The highest BCUT2D eigenvalue weighted by Gasteiger charge is 2.35. The molecule has 3 atom stereocenters. The summed E-state index contributed by atoms with van der Waals surface area (Å²) in [6, 6.07) is 14.9. The van der Waals surface area contributed by atoms with Crippen LogP contribution in [0, 0.1) is 11.8 Å². The van der Waals surface area contributed by atoms with Crippen LogP contribution in [0.4, 0.5) is 5.69 Å². The first-order valence-corrected chi connectivity index (χ1v) is 13.9. The molecule has 0 spiro atoms. The zero-order chi connectivity index (χ0) is 29.1. The third-order valence-electron chi connectivity index (χ3n) is 6.63. The van der Waals surface area contributed by atoms with E-state index in [9.17, 15) is 24.3 Å². The average Bonchev–Trinajstić information content (AvgIpc) is 3.35. The van der Waals surface area contributed by atoms with E-state index < -0.39 is 35.7 Å². The fourth-order valence-electron chi connectivity index (χ4n) is 4.50. The number of carbonyl (C=O) groups is 4. The minimum absolute atomic E-state index is 0.0950. The smallest absolute Gasteiger partial charge is 0.320 e. The molecular formula is C29H34N4O6S. The number of thiazole rings is 1. The standard InChI is InChI=1S/C23H22N2O3S.C6H12N2O3/c26-22(17-8-1-2-9-18(17)23(27)28)24-16-7-5-6-15(14-16)12-13-21-25-19-10-3-4-11-20(19)29-21;1-8-4(6(10)11)2-3-5(7)9/h3-7,10-14,17-18H,1-2,8-9H2,(H,24,26)(H,27,28);4,8H,2-3H2,1H3,(H2,7,9)(H,10,11)/t17-,18+;4-/m11/s1. The highest BCUT2D eigenvalue weighted by atomic mass is 32.1. The van der Waals surface area contributed by atoms with Gasteiger partial charge in [-0.25, -0.2) is 4.98 Å². The molecule has 0 bridgehead atoms. The Balaban J connectivity index is 0.000000342. The number of anilines is 1. The predicted molar refractivity (Wildman–Crippen MR) is 156 cm³/mol. The molecule has 1 aromatic heterocycles. The first kappa shape index (κ1) is 30.5. The SMILES string of the molecule is CN[C@H](CCC(N)=O)C(=O)O.O=C(O)[C@H]1CCCC[C@H]1C(=O)Nc1cccc(C=Cc2nc3ccccc3s2)c1. The van der Waals surface area contributed by atoms with Gasteiger partial charge in [-0.15, -0.1) is 11.3 Å². The maximum atomic E-state index is 12.7. The number of carboxylic acid groups (broad SMARTS) is 2. The highest BCUT2D eigenvalue weighted by molar-refractivity contribution is 7.19. The van der Waals surface area contributed by atoms with Crippen molar-refractivity contribution in [3.05, 3.63) is 59.1 Å². The van der Waals surface area contributed by atoms with E-state index in [1.807, 2.05) is 54.6 Å². The number of rotatable bonds is 10. The van der Waals surface area contributed by atoms with Crippen molar-refractivity contribution < 1.29 is 29.4 Å². The van der Waals surface area contributed by atoms with Crippen LogP contribution in [-0.2, 0) is 19.2 Å². The Kier molecular flexibility index (Phi) is 11.3. The quantitative estimate of drug-likeness (QED) is 0.243. The number of para-hydroxylation sites is 1. The molecule has 40 heavy (non-hydrogen) atoms. The first-order valence-electron chi connectivity index (χ1n) is 13.0. The third-order valence-corrected chi connectivity index (χ3v) is 7.63. The number of hydrogen-bond donors (Lipinski definition) is 5. The van der Waals surface area contributed by atoms with E-state index in [1.165, 1.54) is 7.05 Å². The normalized spacial score (nSPS) is 17.5. The minimum Gasteiger partial charge on any atom is -0.481 e. The van der Waals surface area contributed by atoms with E-state index in [4.69, 9.17) is 10.8 Å². The Morgan fingerprint density at radius 3 is 2.42 bits per heavy atom. The Morgan fingerprint density at radius 1 is 1.05 bits per heavy atom. The van der Waals surface area contributed by atoms with Gasteiger partial charge in [-0.1, -0.05) is 43.2 Å². The van der Waals surface area contributed by atoms with Crippen molar-refractivity contribution in [1.29, 1.82) is 0 Å². The second-order valence-corrected chi connectivity index (χ2v) is 10.6. The van der Waals surface area contributed by atoms with Crippen molar-refractivity contribution in [3.63, 3.8) is 0 Å². The molecule has 0 saturated heterocycles. The molecule has 0 aliphatic heterocycles. The zero-order valence-electron chi connectivity index (χ0n) is 22.2. The molecule has 1 aliphatic rings. The number of likely N-dealkylation sites (N-methyl/N-ethyl adjacent to an activating group) is 1. The van der Waals surface area contributed by atoms with E-state index in [1.54, 1.807) is 11.3 Å². The number of primary amides is 1. The summed E-state index contributed by atoms with van der Waals surface area (Å²) in [6.07, 6.45) is 7.22. The predicted octanol–water partition coefficient (Wildman–Crippen LogP) is 4.22. The molecule has 1 fully saturated rings. The number of carboxylic acids is 2. The molecule has 4 rings (SSSR count). The highest BCUT2D eigenvalue weighted by Crippen LogP contribution is 2.31. The summed E-state index contributed by atoms with van der Waals surface area (Å²) in [5, 5.41) is 24.3. The monoisotopic (exact) mass is 566 g/mol. The number of aliphatic carboxylic acids is 2. The summed E-state index contributed by atoms with van der Waals surface area (Å²) in [5.41, 5.74) is 7.44. The van der Waals surface area contributed by atoms with E-state index >= 15 is 0 Å². The van der Waals surface area contributed by atoms with Gasteiger partial charge in [-0.05, 0) is 62.2 Å². The second-order valence-electron chi connectivity index (χ2n) is 9.49. The van der Waals surface area contributed by atoms with Crippen molar-refractivity contribution in [2.75, 3.05) is 12.4 Å². The fraction of sp³-hybridized carbons (Fsp3) is 0.345. The molecule has 212 valence electrons. The number of fused-ring (bicyclic) bond motifs is 1. The van der Waals surface area contributed by atoms with Gasteiger partial charge in [0.2, 0.25) is 11.8 Å². The first-order chi connectivity index (χ1) is 19.2. The Morgan fingerprint density at radius 2 is 1.77 bits per heavy atom. The van der Waals surface area contributed by atoms with Crippen molar-refractivity contribution in [1.82, 2.24) is 10.3 Å². The summed E-state index contributed by atoms with van der Waals surface area (Å²) >= 11 is 1.63. The van der Waals surface area contributed by atoms with Gasteiger partial charge in [0.05, 0.1) is 22.1 Å². The Hall–Kier alpha value is -4.09. The van der Waals surface area contributed by atoms with Crippen LogP contribution in [0.1, 0.15) is 49.1 Å². The fourth-order valence-corrected chi connectivity index (χ4v) is 5.37. The number of nitrogens with zero attached hydrogens (tertiary/aromatic N) is 1. The van der Waals surface area contributed by atoms with Crippen LogP contribution in [0.3, 0.4) is 0 Å². The van der Waals surface area contributed by atoms with E-state index in [-0.39, 0.29) is 18.7 Å². The van der Waals surface area contributed by atoms with E-state index in [0.29, 0.717) is 18.5 Å². The van der Waals surface area contributed by atoms with Gasteiger partial charge in [-0.3, -0.25) is 19.2 Å². The summed E-state index contributed by atoms with van der Waals surface area (Å²) < 4.78 is 1.15. The van der Waals surface area contributed by atoms with Gasteiger partial charge >= 0.3 is 11.9 Å². The van der Waals surface area contributed by atoms with Gasteiger partial charge in [0.15, 0.2) is 0 Å². The molecule has 0 unspecified atom stereocenters. The molecule has 6 N–H and O–H groups in total. The van der Waals surface area contributed by atoms with Gasteiger partial charge in [0, 0.05) is 12.1 Å². The van der Waals surface area contributed by atoms with Gasteiger partial charge in [0.25, 0.3) is 0 Å². The lowest BCUT2D eigenvalue weighted by atomic mass is 9.78. The number of carbonyl (C=O) groups excluding carboxylic acids is 2. The van der Waals surface area contributed by atoms with Crippen molar-refractivity contribution in [3.8, 4) is 0 Å². The van der Waals surface area contributed by atoms with Crippen LogP contribution in [0.25, 0.3) is 22.4 Å². The largest absolute Gasteiger partial charge is 0.481 e. The molecule has 3 aromatic rings. The molecule has 1 saturated carbocycles. The van der Waals surface area contributed by atoms with E-state index in [2.05, 4.69) is 21.7 Å². The number of hydrogen-bond acceptors (Lipinski definition) is 7. The van der Waals surface area contributed by atoms with Gasteiger partial charge < -0.3 is 26.6 Å². The van der Waals surface area contributed by atoms with Crippen LogP contribution >= 0.6 is 11.3 Å². The molecule has 1 aliphatic carbocycles. The van der Waals surface area contributed by atoms with Crippen LogP contribution < -0.4 is 16.4 Å². The lowest BCUT2D eigenvalue weighted by Gasteiger charge is -2.27. The summed E-state index contributed by atoms with van der Waals surface area (Å²) in [6.45, 7) is 0. The third kappa shape index (κ3) is 8.99. The van der Waals surface area contributed by atoms with Gasteiger partial charge in [0.1, 0.15) is 11.0 Å². The summed E-state index contributed by atoms with van der Waals surface area (Å²) in [7, 11) is 1.53. The summed E-state index contributed by atoms with van der Waals surface area (Å²) in [4.78, 5) is 49.3. The molecule has 2 amide bonds. The number of benzene rings is 2. The van der Waals surface area contributed by atoms with Crippen molar-refractivity contribution >= 4 is 63.1 Å². The number of nitrogens with two attached hydrogens (primary N) is 1. The Labute approximate surface area is 236 Å². The molecule has 11 heteroatoms. The zero-order valence-corrected chi connectivity index (χ0v) is 23.0. The molecule has 0 radical (unpaired) electrons. The van der Waals surface area contributed by atoms with Crippen LogP contribution in [-0.4, -0.2) is 52.0 Å².